The Morgan fingerprint density at radius 2 is 1.50 bits per heavy atom. The maximum absolute atomic E-state index is 11.3. The zero-order chi connectivity index (χ0) is 12.9. The number of carbonyl (C=O) groups excluding carboxylic acids is 2. The number of hydrogen-bond donors (Lipinski definition) is 0. The van der Waals surface area contributed by atoms with Gasteiger partial charge in [0.1, 0.15) is 12.2 Å². The molecule has 0 radical (unpaired) electrons. The molecule has 0 aromatic heterocycles. The van der Waals surface area contributed by atoms with Gasteiger partial charge in [-0.15, -0.1) is 0 Å². The molecular formula is C12H23NO3. The number of ketones is 1. The van der Waals surface area contributed by atoms with Crippen molar-refractivity contribution in [3.63, 3.8) is 0 Å². The van der Waals surface area contributed by atoms with Crippen molar-refractivity contribution in [3.05, 3.63) is 0 Å². The number of hydrogen-bond acceptors (Lipinski definition) is 4. The molecule has 0 spiro atoms. The van der Waals surface area contributed by atoms with Gasteiger partial charge in [0.15, 0.2) is 6.23 Å². The van der Waals surface area contributed by atoms with E-state index in [1.54, 1.807) is 0 Å². The van der Waals surface area contributed by atoms with E-state index >= 15 is 0 Å². The molecule has 0 bridgehead atoms. The summed E-state index contributed by atoms with van der Waals surface area (Å²) in [6.45, 7) is 11.4. The van der Waals surface area contributed by atoms with Gasteiger partial charge in [0.25, 0.3) is 0 Å². The van der Waals surface area contributed by atoms with E-state index in [2.05, 4.69) is 32.6 Å². The van der Waals surface area contributed by atoms with Crippen LogP contribution in [0.2, 0.25) is 0 Å². The van der Waals surface area contributed by atoms with Crippen molar-refractivity contribution >= 4 is 11.8 Å². The lowest BCUT2D eigenvalue weighted by Gasteiger charge is -2.35. The molecule has 0 rings (SSSR count). The molecule has 1 atom stereocenters. The number of nitrogens with zero attached hydrogens (tertiary/aromatic N) is 1. The highest BCUT2D eigenvalue weighted by Gasteiger charge is 2.23. The van der Waals surface area contributed by atoms with E-state index in [0.29, 0.717) is 12.1 Å². The van der Waals surface area contributed by atoms with Crippen LogP contribution in [0.5, 0.6) is 0 Å². The molecule has 0 aliphatic heterocycles. The van der Waals surface area contributed by atoms with Gasteiger partial charge in [-0.1, -0.05) is 0 Å². The molecule has 94 valence electrons. The normalized spacial score (nSPS) is 13.3. The number of ether oxygens (including phenoxy) is 1. The molecule has 0 aromatic carbocycles. The molecule has 0 saturated heterocycles. The number of esters is 1. The van der Waals surface area contributed by atoms with Gasteiger partial charge in [0, 0.05) is 12.1 Å². The minimum absolute atomic E-state index is 0.144. The summed E-state index contributed by atoms with van der Waals surface area (Å²) in [4.78, 5) is 24.2. The average molecular weight is 229 g/mol. The third-order valence-electron chi connectivity index (χ3n) is 2.31. The van der Waals surface area contributed by atoms with Crippen LogP contribution in [-0.2, 0) is 14.3 Å². The second kappa shape index (κ2) is 6.63. The maximum atomic E-state index is 11.3. The minimum atomic E-state index is -0.452. The zero-order valence-electron chi connectivity index (χ0n) is 11.1. The SMILES string of the molecule is CC(=O)CC(=O)OC(C)N(C(C)C)C(C)C. The number of carbonyl (C=O) groups is 2. The van der Waals surface area contributed by atoms with Crippen LogP contribution in [0.15, 0.2) is 0 Å². The van der Waals surface area contributed by atoms with Gasteiger partial charge in [0.2, 0.25) is 0 Å². The summed E-state index contributed by atoms with van der Waals surface area (Å²) in [6, 6.07) is 0.584. The number of Topliss-reactive ketones (excluding diaryl/α,β-unsaturated/α-hetero) is 1. The van der Waals surface area contributed by atoms with Crippen LogP contribution in [-0.4, -0.2) is 35.0 Å². The smallest absolute Gasteiger partial charge is 0.314 e. The van der Waals surface area contributed by atoms with Crippen molar-refractivity contribution < 1.29 is 14.3 Å². The first-order valence-electron chi connectivity index (χ1n) is 5.72. The standard InChI is InChI=1S/C12H23NO3/c1-8(2)13(9(3)4)11(6)16-12(15)7-10(5)14/h8-9,11H,7H2,1-6H3. The van der Waals surface area contributed by atoms with Crippen LogP contribution in [0.25, 0.3) is 0 Å². The molecule has 16 heavy (non-hydrogen) atoms. The van der Waals surface area contributed by atoms with E-state index in [1.165, 1.54) is 6.92 Å². The summed E-state index contributed by atoms with van der Waals surface area (Å²) in [6.07, 6.45) is -0.444. The monoisotopic (exact) mass is 229 g/mol. The van der Waals surface area contributed by atoms with Crippen molar-refractivity contribution in [1.82, 2.24) is 4.90 Å². The van der Waals surface area contributed by atoms with Crippen molar-refractivity contribution in [2.24, 2.45) is 0 Å². The van der Waals surface area contributed by atoms with E-state index in [1.807, 2.05) is 6.92 Å². The van der Waals surface area contributed by atoms with Crippen molar-refractivity contribution in [2.75, 3.05) is 0 Å². The summed E-state index contributed by atoms with van der Waals surface area (Å²) >= 11 is 0. The maximum Gasteiger partial charge on any atom is 0.314 e. The predicted molar refractivity (Wildman–Crippen MR) is 63.0 cm³/mol. The van der Waals surface area contributed by atoms with E-state index in [9.17, 15) is 9.59 Å². The Hall–Kier alpha value is -0.900. The van der Waals surface area contributed by atoms with Crippen LogP contribution in [0.1, 0.15) is 48.0 Å². The van der Waals surface area contributed by atoms with Crippen molar-refractivity contribution in [3.8, 4) is 0 Å². The first-order valence-corrected chi connectivity index (χ1v) is 5.72. The predicted octanol–water partition coefficient (Wildman–Crippen LogP) is 1.97. The van der Waals surface area contributed by atoms with Gasteiger partial charge in [-0.2, -0.15) is 0 Å². The highest BCUT2D eigenvalue weighted by Crippen LogP contribution is 2.12. The Balaban J connectivity index is 4.36. The Morgan fingerprint density at radius 1 is 1.06 bits per heavy atom. The molecule has 0 amide bonds. The third kappa shape index (κ3) is 5.26. The molecule has 0 heterocycles. The van der Waals surface area contributed by atoms with Gasteiger partial charge < -0.3 is 4.74 Å². The van der Waals surface area contributed by atoms with E-state index in [0.717, 1.165) is 0 Å². The van der Waals surface area contributed by atoms with Gasteiger partial charge in [-0.3, -0.25) is 14.5 Å². The highest BCUT2D eigenvalue weighted by atomic mass is 16.6. The molecule has 0 aromatic rings. The van der Waals surface area contributed by atoms with Crippen molar-refractivity contribution in [1.29, 1.82) is 0 Å². The van der Waals surface area contributed by atoms with Crippen LogP contribution < -0.4 is 0 Å². The average Bonchev–Trinajstić information content (AvgIpc) is 1.98. The molecular weight excluding hydrogens is 206 g/mol. The lowest BCUT2D eigenvalue weighted by molar-refractivity contribution is -0.162. The van der Waals surface area contributed by atoms with Crippen LogP contribution >= 0.6 is 0 Å². The molecule has 0 saturated carbocycles. The Kier molecular flexibility index (Phi) is 6.26. The van der Waals surface area contributed by atoms with Gasteiger partial charge in [-0.25, -0.2) is 0 Å². The van der Waals surface area contributed by atoms with Crippen LogP contribution in [0.3, 0.4) is 0 Å². The molecule has 0 aliphatic rings. The zero-order valence-corrected chi connectivity index (χ0v) is 11.1. The van der Waals surface area contributed by atoms with Crippen molar-refractivity contribution in [2.45, 2.75) is 66.3 Å². The third-order valence-corrected chi connectivity index (χ3v) is 2.31. The summed E-state index contributed by atoms with van der Waals surface area (Å²) < 4.78 is 5.21. The Bertz CT molecular complexity index is 241. The van der Waals surface area contributed by atoms with Crippen LogP contribution in [0.4, 0.5) is 0 Å². The summed E-state index contributed by atoms with van der Waals surface area (Å²) in [7, 11) is 0. The largest absolute Gasteiger partial charge is 0.446 e. The van der Waals surface area contributed by atoms with E-state index < -0.39 is 5.97 Å². The quantitative estimate of drug-likeness (QED) is 0.397. The lowest BCUT2D eigenvalue weighted by atomic mass is 10.2. The van der Waals surface area contributed by atoms with E-state index in [-0.39, 0.29) is 18.4 Å². The van der Waals surface area contributed by atoms with Gasteiger partial charge in [-0.05, 0) is 41.5 Å². The second-order valence-corrected chi connectivity index (χ2v) is 4.60. The second-order valence-electron chi connectivity index (χ2n) is 4.60. The molecule has 4 heteroatoms. The molecule has 0 aliphatic carbocycles. The topological polar surface area (TPSA) is 46.6 Å². The summed E-state index contributed by atoms with van der Waals surface area (Å²) in [5.74, 6) is -0.621. The Morgan fingerprint density at radius 3 is 1.81 bits per heavy atom. The van der Waals surface area contributed by atoms with Gasteiger partial charge in [0.05, 0.1) is 0 Å². The molecule has 0 fully saturated rings. The molecule has 1 unspecified atom stereocenters. The fourth-order valence-electron chi connectivity index (χ4n) is 1.93. The number of rotatable bonds is 6. The van der Waals surface area contributed by atoms with Gasteiger partial charge >= 0.3 is 5.97 Å². The highest BCUT2D eigenvalue weighted by molar-refractivity contribution is 5.94. The molecule has 0 N–H and O–H groups in total. The first kappa shape index (κ1) is 15.1. The Labute approximate surface area is 98.0 Å². The lowest BCUT2D eigenvalue weighted by Crippen LogP contribution is -2.45. The minimum Gasteiger partial charge on any atom is -0.446 e. The fourth-order valence-corrected chi connectivity index (χ4v) is 1.93. The van der Waals surface area contributed by atoms with E-state index in [4.69, 9.17) is 4.74 Å². The summed E-state index contributed by atoms with van der Waals surface area (Å²) in [5.41, 5.74) is 0. The first-order chi connectivity index (χ1) is 7.25. The molecule has 4 nitrogen and oxygen atoms in total. The fraction of sp³-hybridized carbons (Fsp3) is 0.833. The van der Waals surface area contributed by atoms with Crippen LogP contribution in [0, 0.1) is 0 Å². The summed E-state index contributed by atoms with van der Waals surface area (Å²) in [5, 5.41) is 0.